The number of nitrogens with two attached hydrogens (primary N) is 1. The monoisotopic (exact) mass is 294 g/mol. The Kier molecular flexibility index (Phi) is 4.55. The summed E-state index contributed by atoms with van der Waals surface area (Å²) in [6.45, 7) is 9.06. The fourth-order valence-corrected chi connectivity index (χ4v) is 2.90. The molecule has 20 heavy (non-hydrogen) atoms. The number of thiazole rings is 1. The highest BCUT2D eigenvalue weighted by Gasteiger charge is 2.24. The third-order valence-corrected chi connectivity index (χ3v) is 3.92. The minimum Gasteiger partial charge on any atom is -0.339 e. The van der Waals surface area contributed by atoms with Gasteiger partial charge in [-0.15, -0.1) is 11.3 Å². The molecule has 1 unspecified atom stereocenters. The van der Waals surface area contributed by atoms with E-state index >= 15 is 0 Å². The zero-order valence-electron chi connectivity index (χ0n) is 12.5. The van der Waals surface area contributed by atoms with Crippen molar-refractivity contribution in [2.45, 2.75) is 46.5 Å². The third-order valence-electron chi connectivity index (χ3n) is 2.95. The first-order chi connectivity index (χ1) is 9.37. The quantitative estimate of drug-likeness (QED) is 0.917. The van der Waals surface area contributed by atoms with E-state index in [2.05, 4.69) is 35.9 Å². The highest BCUT2D eigenvalue weighted by molar-refractivity contribution is 7.09. The minimum atomic E-state index is 0.120. The SMILES string of the molecule is Cc1csc(Cc2noc(C(CN)CC(C)(C)C)n2)n1. The van der Waals surface area contributed by atoms with Crippen LogP contribution < -0.4 is 5.73 Å². The molecule has 2 aromatic heterocycles. The summed E-state index contributed by atoms with van der Waals surface area (Å²) in [5, 5.41) is 7.08. The van der Waals surface area contributed by atoms with Gasteiger partial charge in [-0.25, -0.2) is 4.98 Å². The Morgan fingerprint density at radius 3 is 2.65 bits per heavy atom. The van der Waals surface area contributed by atoms with Gasteiger partial charge in [-0.05, 0) is 18.8 Å². The Balaban J connectivity index is 2.07. The Bertz CT molecular complexity index is 556. The van der Waals surface area contributed by atoms with Gasteiger partial charge in [0.1, 0.15) is 5.01 Å². The van der Waals surface area contributed by atoms with Gasteiger partial charge in [0.15, 0.2) is 5.82 Å². The normalized spacial score (nSPS) is 13.7. The molecule has 2 rings (SSSR count). The van der Waals surface area contributed by atoms with Gasteiger partial charge in [0.2, 0.25) is 5.89 Å². The molecule has 0 aliphatic rings. The predicted octanol–water partition coefficient (Wildman–Crippen LogP) is 2.90. The van der Waals surface area contributed by atoms with Crippen LogP contribution in [0.4, 0.5) is 0 Å². The van der Waals surface area contributed by atoms with Crippen LogP contribution >= 0.6 is 11.3 Å². The molecule has 0 saturated carbocycles. The molecule has 0 aromatic carbocycles. The summed E-state index contributed by atoms with van der Waals surface area (Å²) in [4.78, 5) is 8.89. The molecule has 0 spiro atoms. The highest BCUT2D eigenvalue weighted by atomic mass is 32.1. The van der Waals surface area contributed by atoms with Crippen LogP contribution in [0.5, 0.6) is 0 Å². The molecule has 2 aromatic rings. The molecule has 0 aliphatic carbocycles. The number of hydrogen-bond donors (Lipinski definition) is 1. The number of aryl methyl sites for hydroxylation is 1. The number of rotatable bonds is 5. The largest absolute Gasteiger partial charge is 0.339 e. The van der Waals surface area contributed by atoms with Crippen molar-refractivity contribution in [3.05, 3.63) is 27.8 Å². The molecule has 6 heteroatoms. The van der Waals surface area contributed by atoms with E-state index in [9.17, 15) is 0 Å². The Hall–Kier alpha value is -1.27. The van der Waals surface area contributed by atoms with Crippen molar-refractivity contribution in [2.24, 2.45) is 11.1 Å². The van der Waals surface area contributed by atoms with Crippen molar-refractivity contribution in [3.8, 4) is 0 Å². The van der Waals surface area contributed by atoms with E-state index in [1.807, 2.05) is 12.3 Å². The molecule has 0 radical (unpaired) electrons. The van der Waals surface area contributed by atoms with Crippen LogP contribution in [0.15, 0.2) is 9.90 Å². The molecule has 1 atom stereocenters. The summed E-state index contributed by atoms with van der Waals surface area (Å²) >= 11 is 1.62. The van der Waals surface area contributed by atoms with Crippen LogP contribution in [0.2, 0.25) is 0 Å². The third kappa shape index (κ3) is 4.11. The summed E-state index contributed by atoms with van der Waals surface area (Å²) in [5.41, 5.74) is 7.05. The van der Waals surface area contributed by atoms with Crippen molar-refractivity contribution in [1.82, 2.24) is 15.1 Å². The molecule has 2 heterocycles. The maximum absolute atomic E-state index is 5.84. The summed E-state index contributed by atoms with van der Waals surface area (Å²) < 4.78 is 5.38. The van der Waals surface area contributed by atoms with Crippen molar-refractivity contribution in [3.63, 3.8) is 0 Å². The predicted molar refractivity (Wildman–Crippen MR) is 79.8 cm³/mol. The highest BCUT2D eigenvalue weighted by Crippen LogP contribution is 2.29. The fourth-order valence-electron chi connectivity index (χ4n) is 2.13. The molecule has 0 saturated heterocycles. The second-order valence-electron chi connectivity index (χ2n) is 6.31. The van der Waals surface area contributed by atoms with Crippen LogP contribution in [0.25, 0.3) is 0 Å². The van der Waals surface area contributed by atoms with Gasteiger partial charge in [0.05, 0.1) is 12.3 Å². The average Bonchev–Trinajstić information content (AvgIpc) is 2.95. The number of hydrogen-bond acceptors (Lipinski definition) is 6. The molecule has 2 N–H and O–H groups in total. The molecule has 0 fully saturated rings. The number of aromatic nitrogens is 3. The molecule has 0 aliphatic heterocycles. The lowest BCUT2D eigenvalue weighted by molar-refractivity contribution is 0.286. The van der Waals surface area contributed by atoms with E-state index in [-0.39, 0.29) is 11.3 Å². The standard InChI is InChI=1S/C14H22N4OS/c1-9-8-20-12(16-9)5-11-17-13(19-18-11)10(7-15)6-14(2,3)4/h8,10H,5-7,15H2,1-4H3. The lowest BCUT2D eigenvalue weighted by Gasteiger charge is -2.22. The average molecular weight is 294 g/mol. The van der Waals surface area contributed by atoms with Gasteiger partial charge in [0, 0.05) is 17.6 Å². The van der Waals surface area contributed by atoms with Crippen LogP contribution in [-0.2, 0) is 6.42 Å². The van der Waals surface area contributed by atoms with Gasteiger partial charge in [0.25, 0.3) is 0 Å². The summed E-state index contributed by atoms with van der Waals surface area (Å²) in [6.07, 6.45) is 1.55. The van der Waals surface area contributed by atoms with Crippen LogP contribution in [0.1, 0.15) is 55.5 Å². The summed E-state index contributed by atoms with van der Waals surface area (Å²) in [7, 11) is 0. The van der Waals surface area contributed by atoms with Crippen molar-refractivity contribution < 1.29 is 4.52 Å². The van der Waals surface area contributed by atoms with Crippen molar-refractivity contribution >= 4 is 11.3 Å². The molecule has 5 nitrogen and oxygen atoms in total. The summed E-state index contributed by atoms with van der Waals surface area (Å²) in [6, 6.07) is 0. The second kappa shape index (κ2) is 6.01. The molecular formula is C14H22N4OS. The first-order valence-corrected chi connectivity index (χ1v) is 7.69. The first kappa shape index (κ1) is 15.1. The Morgan fingerprint density at radius 2 is 2.10 bits per heavy atom. The van der Waals surface area contributed by atoms with Gasteiger partial charge in [-0.1, -0.05) is 25.9 Å². The first-order valence-electron chi connectivity index (χ1n) is 6.81. The van der Waals surface area contributed by atoms with Crippen molar-refractivity contribution in [2.75, 3.05) is 6.54 Å². The van der Waals surface area contributed by atoms with Crippen LogP contribution in [0.3, 0.4) is 0 Å². The minimum absolute atomic E-state index is 0.120. The number of nitrogens with zero attached hydrogens (tertiary/aromatic N) is 3. The topological polar surface area (TPSA) is 77.8 Å². The molecular weight excluding hydrogens is 272 g/mol. The van der Waals surface area contributed by atoms with E-state index in [1.54, 1.807) is 11.3 Å². The lowest BCUT2D eigenvalue weighted by atomic mass is 9.84. The maximum atomic E-state index is 5.84. The van der Waals surface area contributed by atoms with E-state index in [4.69, 9.17) is 10.3 Å². The van der Waals surface area contributed by atoms with E-state index in [0.29, 0.717) is 24.7 Å². The van der Waals surface area contributed by atoms with E-state index < -0.39 is 0 Å². The molecule has 0 amide bonds. The summed E-state index contributed by atoms with van der Waals surface area (Å²) in [5.74, 6) is 1.45. The van der Waals surface area contributed by atoms with Gasteiger partial charge < -0.3 is 10.3 Å². The van der Waals surface area contributed by atoms with E-state index in [0.717, 1.165) is 17.1 Å². The molecule has 0 bridgehead atoms. The zero-order chi connectivity index (χ0) is 14.8. The van der Waals surface area contributed by atoms with Gasteiger partial charge >= 0.3 is 0 Å². The second-order valence-corrected chi connectivity index (χ2v) is 7.25. The van der Waals surface area contributed by atoms with Crippen molar-refractivity contribution in [1.29, 1.82) is 0 Å². The van der Waals surface area contributed by atoms with Gasteiger partial charge in [-0.3, -0.25) is 0 Å². The zero-order valence-corrected chi connectivity index (χ0v) is 13.3. The Morgan fingerprint density at radius 1 is 1.35 bits per heavy atom. The van der Waals surface area contributed by atoms with Gasteiger partial charge in [-0.2, -0.15) is 4.98 Å². The Labute approximate surface area is 123 Å². The fraction of sp³-hybridized carbons (Fsp3) is 0.643. The van der Waals surface area contributed by atoms with Crippen LogP contribution in [-0.4, -0.2) is 21.7 Å². The van der Waals surface area contributed by atoms with E-state index in [1.165, 1.54) is 0 Å². The lowest BCUT2D eigenvalue weighted by Crippen LogP contribution is -2.19. The maximum Gasteiger partial charge on any atom is 0.231 e. The van der Waals surface area contributed by atoms with Crippen LogP contribution in [0, 0.1) is 12.3 Å². The molecule has 110 valence electrons. The smallest absolute Gasteiger partial charge is 0.231 e.